The van der Waals surface area contributed by atoms with Crippen LogP contribution in [0.25, 0.3) is 6.08 Å². The van der Waals surface area contributed by atoms with Crippen molar-refractivity contribution in [3.63, 3.8) is 0 Å². The minimum atomic E-state index is 0.961. The monoisotopic (exact) mass is 253 g/mol. The number of halogens is 1. The van der Waals surface area contributed by atoms with Crippen molar-refractivity contribution < 1.29 is 0 Å². The third kappa shape index (κ3) is 3.64. The molecule has 0 atom stereocenters. The summed E-state index contributed by atoms with van der Waals surface area (Å²) < 4.78 is 1.13. The highest BCUT2D eigenvalue weighted by Gasteiger charge is 1.94. The number of benzene rings is 1. The smallest absolute Gasteiger partial charge is 0.0181 e. The molecular weight excluding hydrogens is 238 g/mol. The van der Waals surface area contributed by atoms with Crippen LogP contribution in [-0.2, 0) is 0 Å². The summed E-state index contributed by atoms with van der Waals surface area (Å²) in [5, 5.41) is 3.17. The average molecular weight is 254 g/mol. The first kappa shape index (κ1) is 11.5. The van der Waals surface area contributed by atoms with E-state index in [4.69, 9.17) is 0 Å². The van der Waals surface area contributed by atoms with Crippen molar-refractivity contribution in [1.29, 1.82) is 0 Å². The number of nitrogens with one attached hydrogen (secondary N) is 1. The van der Waals surface area contributed by atoms with Gasteiger partial charge in [-0.25, -0.2) is 0 Å². The van der Waals surface area contributed by atoms with Gasteiger partial charge in [0.25, 0.3) is 0 Å². The van der Waals surface area contributed by atoms with Crippen LogP contribution in [0.5, 0.6) is 0 Å². The molecule has 0 spiro atoms. The first-order valence-electron chi connectivity index (χ1n) is 4.86. The first-order chi connectivity index (χ1) is 6.76. The minimum absolute atomic E-state index is 0.961. The Morgan fingerprint density at radius 1 is 1.50 bits per heavy atom. The summed E-state index contributed by atoms with van der Waals surface area (Å²) in [6, 6.07) is 8.35. The molecule has 0 saturated heterocycles. The van der Waals surface area contributed by atoms with Gasteiger partial charge in [0, 0.05) is 11.0 Å². The Kier molecular flexibility index (Phi) is 4.91. The lowest BCUT2D eigenvalue weighted by Gasteiger charge is -2.03. The lowest BCUT2D eigenvalue weighted by Crippen LogP contribution is -2.09. The Labute approximate surface area is 94.3 Å². The predicted molar refractivity (Wildman–Crippen MR) is 66.3 cm³/mol. The Bertz CT molecular complexity index is 318. The highest BCUT2D eigenvalue weighted by atomic mass is 79.9. The number of rotatable bonds is 4. The summed E-state index contributed by atoms with van der Waals surface area (Å²) >= 11 is 3.47. The summed E-state index contributed by atoms with van der Waals surface area (Å²) in [7, 11) is 1.98. The molecule has 0 fully saturated rings. The van der Waals surface area contributed by atoms with E-state index in [0.29, 0.717) is 0 Å². The van der Waals surface area contributed by atoms with Gasteiger partial charge in [0.1, 0.15) is 0 Å². The summed E-state index contributed by atoms with van der Waals surface area (Å²) in [5.74, 6) is 0. The maximum absolute atomic E-state index is 3.47. The van der Waals surface area contributed by atoms with Crippen LogP contribution in [0.4, 0.5) is 0 Å². The molecule has 1 aromatic carbocycles. The standard InChI is InChI=1S/C12H16BrN/c1-3-10(9-14-2)7-11-5-4-6-12(13)8-11/h4-8,14H,3,9H2,1-2H3. The topological polar surface area (TPSA) is 12.0 Å². The van der Waals surface area contributed by atoms with E-state index < -0.39 is 0 Å². The molecule has 0 unspecified atom stereocenters. The lowest BCUT2D eigenvalue weighted by molar-refractivity contribution is 0.851. The summed E-state index contributed by atoms with van der Waals surface area (Å²) in [6.45, 7) is 3.14. The van der Waals surface area contributed by atoms with Gasteiger partial charge in [0.2, 0.25) is 0 Å². The van der Waals surface area contributed by atoms with E-state index in [1.807, 2.05) is 13.1 Å². The van der Waals surface area contributed by atoms with E-state index in [1.54, 1.807) is 0 Å². The van der Waals surface area contributed by atoms with E-state index >= 15 is 0 Å². The third-order valence-corrected chi connectivity index (χ3v) is 2.57. The molecule has 0 heterocycles. The van der Waals surface area contributed by atoms with E-state index in [2.05, 4.69) is 52.4 Å². The fourth-order valence-electron chi connectivity index (χ4n) is 1.34. The van der Waals surface area contributed by atoms with Crippen molar-refractivity contribution in [1.82, 2.24) is 5.32 Å². The number of likely N-dealkylation sites (N-methyl/N-ethyl adjacent to an activating group) is 1. The van der Waals surface area contributed by atoms with Gasteiger partial charge >= 0.3 is 0 Å². The SMILES string of the molecule is CCC(=Cc1cccc(Br)c1)CNC. The molecule has 2 heteroatoms. The molecule has 1 nitrogen and oxygen atoms in total. The molecule has 0 saturated carbocycles. The Hall–Kier alpha value is -0.600. The number of hydrogen-bond donors (Lipinski definition) is 1. The largest absolute Gasteiger partial charge is 0.316 e. The van der Waals surface area contributed by atoms with Crippen molar-refractivity contribution in [2.75, 3.05) is 13.6 Å². The maximum Gasteiger partial charge on any atom is 0.0181 e. The van der Waals surface area contributed by atoms with Crippen molar-refractivity contribution >= 4 is 22.0 Å². The van der Waals surface area contributed by atoms with Crippen LogP contribution in [0.15, 0.2) is 34.3 Å². The lowest BCUT2D eigenvalue weighted by atomic mass is 10.1. The van der Waals surface area contributed by atoms with Crippen molar-refractivity contribution in [3.05, 3.63) is 39.9 Å². The van der Waals surface area contributed by atoms with Gasteiger partial charge in [-0.15, -0.1) is 0 Å². The van der Waals surface area contributed by atoms with Gasteiger partial charge in [-0.05, 0) is 31.2 Å². The molecule has 1 rings (SSSR count). The Morgan fingerprint density at radius 3 is 2.86 bits per heavy atom. The van der Waals surface area contributed by atoms with Crippen molar-refractivity contribution in [2.24, 2.45) is 0 Å². The van der Waals surface area contributed by atoms with Gasteiger partial charge in [-0.1, -0.05) is 46.6 Å². The zero-order valence-corrected chi connectivity index (χ0v) is 10.3. The molecule has 0 radical (unpaired) electrons. The van der Waals surface area contributed by atoms with Crippen LogP contribution in [-0.4, -0.2) is 13.6 Å². The molecule has 76 valence electrons. The van der Waals surface area contributed by atoms with Crippen LogP contribution >= 0.6 is 15.9 Å². The highest BCUT2D eigenvalue weighted by Crippen LogP contribution is 2.15. The predicted octanol–water partition coefficient (Wildman–Crippen LogP) is 3.46. The van der Waals surface area contributed by atoms with Crippen LogP contribution < -0.4 is 5.32 Å². The second kappa shape index (κ2) is 5.99. The second-order valence-electron chi connectivity index (χ2n) is 3.24. The molecule has 0 bridgehead atoms. The fraction of sp³-hybridized carbons (Fsp3) is 0.333. The van der Waals surface area contributed by atoms with Crippen LogP contribution in [0.1, 0.15) is 18.9 Å². The zero-order chi connectivity index (χ0) is 10.4. The van der Waals surface area contributed by atoms with Gasteiger partial charge in [0.05, 0.1) is 0 Å². The minimum Gasteiger partial charge on any atom is -0.316 e. The highest BCUT2D eigenvalue weighted by molar-refractivity contribution is 9.10. The van der Waals surface area contributed by atoms with E-state index in [1.165, 1.54) is 11.1 Å². The summed E-state index contributed by atoms with van der Waals surface area (Å²) in [4.78, 5) is 0. The average Bonchev–Trinajstić information content (AvgIpc) is 2.17. The van der Waals surface area contributed by atoms with Gasteiger partial charge in [-0.3, -0.25) is 0 Å². The molecular formula is C12H16BrN. The maximum atomic E-state index is 3.47. The number of hydrogen-bond acceptors (Lipinski definition) is 1. The van der Waals surface area contributed by atoms with Crippen LogP contribution in [0, 0.1) is 0 Å². The van der Waals surface area contributed by atoms with E-state index in [0.717, 1.165) is 17.4 Å². The van der Waals surface area contributed by atoms with Crippen molar-refractivity contribution in [3.8, 4) is 0 Å². The van der Waals surface area contributed by atoms with E-state index in [-0.39, 0.29) is 0 Å². The third-order valence-electron chi connectivity index (χ3n) is 2.08. The molecule has 0 aliphatic heterocycles. The van der Waals surface area contributed by atoms with E-state index in [9.17, 15) is 0 Å². The normalized spacial score (nSPS) is 11.8. The molecule has 14 heavy (non-hydrogen) atoms. The molecule has 0 aliphatic carbocycles. The first-order valence-corrected chi connectivity index (χ1v) is 5.65. The van der Waals surface area contributed by atoms with Crippen LogP contribution in [0.3, 0.4) is 0 Å². The van der Waals surface area contributed by atoms with Crippen LogP contribution in [0.2, 0.25) is 0 Å². The fourth-order valence-corrected chi connectivity index (χ4v) is 1.75. The molecule has 1 N–H and O–H groups in total. The quantitative estimate of drug-likeness (QED) is 0.867. The summed E-state index contributed by atoms with van der Waals surface area (Å²) in [6.07, 6.45) is 3.33. The second-order valence-corrected chi connectivity index (χ2v) is 4.16. The summed E-state index contributed by atoms with van der Waals surface area (Å²) in [5.41, 5.74) is 2.68. The van der Waals surface area contributed by atoms with Gasteiger partial charge in [-0.2, -0.15) is 0 Å². The Balaban J connectivity index is 2.83. The van der Waals surface area contributed by atoms with Gasteiger partial charge < -0.3 is 5.32 Å². The molecule has 0 amide bonds. The molecule has 1 aromatic rings. The molecule has 0 aliphatic rings. The molecule has 0 aromatic heterocycles. The Morgan fingerprint density at radius 2 is 2.29 bits per heavy atom. The van der Waals surface area contributed by atoms with Crippen molar-refractivity contribution in [2.45, 2.75) is 13.3 Å². The van der Waals surface area contributed by atoms with Gasteiger partial charge in [0.15, 0.2) is 0 Å². The zero-order valence-electron chi connectivity index (χ0n) is 8.68.